The molecule has 3 rings (SSSR count). The molecule has 19 nitrogen and oxygen atoms in total. The van der Waals surface area contributed by atoms with Gasteiger partial charge in [-0.25, -0.2) is 0 Å². The van der Waals surface area contributed by atoms with Crippen molar-refractivity contribution in [2.45, 2.75) is 497 Å². The standard InChI is InChI=1S/C89H167NO18/c1-3-5-7-9-11-13-15-17-19-21-23-25-27-29-31-33-34-35-36-37-39-41-43-45-47-49-51-53-55-57-59-61-63-65-67-77(95)90-72(73(94)66-64-62-60-58-56-54-52-50-48-46-44-42-40-38-32-30-28-26-24-22-20-18-16-14-12-10-8-6-4-2)71-103-87-83(101)80(98)85(75(69-92)105-87)108-89-84(102)81(99)86(76(70-93)106-89)107-88-82(100)79(97)78(96)74(68-91)104-88/h48,50,56,58,64,66,72-76,78-89,91-94,96-102H,3-47,49,51-55,57,59-63,65,67-71H2,1-2H3,(H,90,95)/b50-48+,58-56+,66-64+. The van der Waals surface area contributed by atoms with Crippen molar-refractivity contribution in [1.82, 2.24) is 5.32 Å². The van der Waals surface area contributed by atoms with E-state index in [1.165, 1.54) is 315 Å². The first-order valence-corrected chi connectivity index (χ1v) is 45.2. The smallest absolute Gasteiger partial charge is 0.220 e. The van der Waals surface area contributed by atoms with Crippen LogP contribution < -0.4 is 5.32 Å². The lowest BCUT2D eigenvalue weighted by molar-refractivity contribution is -0.379. The maximum Gasteiger partial charge on any atom is 0.220 e. The fourth-order valence-electron chi connectivity index (χ4n) is 15.5. The van der Waals surface area contributed by atoms with Crippen LogP contribution in [0.5, 0.6) is 0 Å². The number of amides is 1. The zero-order chi connectivity index (χ0) is 78.1. The van der Waals surface area contributed by atoms with E-state index in [4.69, 9.17) is 28.4 Å². The highest BCUT2D eigenvalue weighted by atomic mass is 16.8. The number of hydrogen-bond donors (Lipinski definition) is 12. The van der Waals surface area contributed by atoms with Crippen LogP contribution in [0, 0.1) is 0 Å². The van der Waals surface area contributed by atoms with Crippen LogP contribution in [0.4, 0.5) is 0 Å². The number of ether oxygens (including phenoxy) is 6. The van der Waals surface area contributed by atoms with E-state index < -0.39 is 124 Å². The van der Waals surface area contributed by atoms with Crippen molar-refractivity contribution in [2.24, 2.45) is 0 Å². The maximum atomic E-state index is 13.5. The Labute approximate surface area is 657 Å². The Morgan fingerprint density at radius 3 is 0.926 bits per heavy atom. The van der Waals surface area contributed by atoms with Gasteiger partial charge in [-0.1, -0.05) is 378 Å². The first kappa shape index (κ1) is 100. The van der Waals surface area contributed by atoms with Crippen LogP contribution in [0.2, 0.25) is 0 Å². The van der Waals surface area contributed by atoms with E-state index in [0.29, 0.717) is 12.8 Å². The fraction of sp³-hybridized carbons (Fsp3) is 0.921. The number of carbonyl (C=O) groups is 1. The molecule has 1 amide bonds. The van der Waals surface area contributed by atoms with Gasteiger partial charge in [-0.15, -0.1) is 0 Å². The highest BCUT2D eigenvalue weighted by Crippen LogP contribution is 2.34. The number of aliphatic hydroxyl groups excluding tert-OH is 11. The van der Waals surface area contributed by atoms with Gasteiger partial charge in [-0.2, -0.15) is 0 Å². The molecule has 108 heavy (non-hydrogen) atoms. The Morgan fingerprint density at radius 1 is 0.324 bits per heavy atom. The number of unbranched alkanes of at least 4 members (excludes halogenated alkanes) is 54. The summed E-state index contributed by atoms with van der Waals surface area (Å²) in [6.45, 7) is 1.78. The minimum Gasteiger partial charge on any atom is -0.394 e. The summed E-state index contributed by atoms with van der Waals surface area (Å²) in [6.07, 6.45) is 61.7. The van der Waals surface area contributed by atoms with E-state index in [0.717, 1.165) is 44.9 Å². The predicted octanol–water partition coefficient (Wildman–Crippen LogP) is 17.0. The molecular weight excluding hydrogens is 1370 g/mol. The van der Waals surface area contributed by atoms with Crippen LogP contribution in [0.15, 0.2) is 36.5 Å². The average Bonchev–Trinajstić information content (AvgIpc) is 0.780. The zero-order valence-corrected chi connectivity index (χ0v) is 68.6. The number of aliphatic hydroxyl groups is 11. The van der Waals surface area contributed by atoms with Crippen LogP contribution in [-0.4, -0.2) is 193 Å². The van der Waals surface area contributed by atoms with E-state index in [-0.39, 0.29) is 18.9 Å². The predicted molar refractivity (Wildman–Crippen MR) is 434 cm³/mol. The zero-order valence-electron chi connectivity index (χ0n) is 68.6. The summed E-state index contributed by atoms with van der Waals surface area (Å²) in [5.41, 5.74) is 0. The molecule has 0 saturated carbocycles. The number of rotatable bonds is 74. The summed E-state index contributed by atoms with van der Waals surface area (Å²) in [4.78, 5) is 13.5. The van der Waals surface area contributed by atoms with Gasteiger partial charge in [-0.05, 0) is 44.9 Å². The average molecular weight is 1540 g/mol. The third kappa shape index (κ3) is 47.8. The summed E-state index contributed by atoms with van der Waals surface area (Å²) in [7, 11) is 0. The van der Waals surface area contributed by atoms with E-state index >= 15 is 0 Å². The van der Waals surface area contributed by atoms with E-state index in [2.05, 4.69) is 43.5 Å². The number of carbonyl (C=O) groups excluding carboxylic acids is 1. The SMILES string of the molecule is CCCCCCCCCCCCCCCCCCCCC/C=C/CC/C=C/CC/C=C/C(O)C(COC1OC(CO)C(OC2OC(CO)C(OC3OC(CO)C(O)C(O)C3O)C(O)C2O)C(O)C1O)NC(=O)CCCCCCCCCCCCCCCCCCCCCCCCCCCCCCCCCCCC. The van der Waals surface area contributed by atoms with Gasteiger partial charge in [0.1, 0.15) is 73.2 Å². The van der Waals surface area contributed by atoms with Crippen LogP contribution >= 0.6 is 0 Å². The summed E-state index contributed by atoms with van der Waals surface area (Å²) in [5, 5.41) is 121. The van der Waals surface area contributed by atoms with Crippen LogP contribution in [0.1, 0.15) is 393 Å². The maximum absolute atomic E-state index is 13.5. The lowest BCUT2D eigenvalue weighted by Crippen LogP contribution is -2.66. The van der Waals surface area contributed by atoms with E-state index in [9.17, 15) is 61.0 Å². The van der Waals surface area contributed by atoms with Gasteiger partial charge < -0.3 is 89.9 Å². The van der Waals surface area contributed by atoms with Gasteiger partial charge in [-0.3, -0.25) is 4.79 Å². The lowest BCUT2D eigenvalue weighted by Gasteiger charge is -2.48. The van der Waals surface area contributed by atoms with Crippen LogP contribution in [0.3, 0.4) is 0 Å². The molecule has 17 unspecified atom stereocenters. The van der Waals surface area contributed by atoms with Crippen molar-refractivity contribution in [3.05, 3.63) is 36.5 Å². The molecule has 3 heterocycles. The molecule has 0 aromatic rings. The molecule has 0 spiro atoms. The third-order valence-electron chi connectivity index (χ3n) is 22.7. The second-order valence-electron chi connectivity index (χ2n) is 32.4. The molecule has 0 aromatic carbocycles. The van der Waals surface area contributed by atoms with Crippen LogP contribution in [-0.2, 0) is 33.2 Å². The monoisotopic (exact) mass is 1540 g/mol. The van der Waals surface area contributed by atoms with E-state index in [1.807, 2.05) is 6.08 Å². The largest absolute Gasteiger partial charge is 0.394 e. The fourth-order valence-corrected chi connectivity index (χ4v) is 15.5. The molecule has 12 N–H and O–H groups in total. The number of nitrogens with one attached hydrogen (secondary N) is 1. The van der Waals surface area contributed by atoms with Gasteiger partial charge in [0.2, 0.25) is 5.91 Å². The molecule has 0 bridgehead atoms. The Bertz CT molecular complexity index is 2090. The van der Waals surface area contributed by atoms with Crippen molar-refractivity contribution >= 4 is 5.91 Å². The topological polar surface area (TPSA) is 307 Å². The Balaban J connectivity index is 1.34. The molecule has 3 saturated heterocycles. The molecule has 0 aliphatic carbocycles. The van der Waals surface area contributed by atoms with Gasteiger partial charge in [0.05, 0.1) is 38.6 Å². The summed E-state index contributed by atoms with van der Waals surface area (Å²) in [5.74, 6) is -0.281. The molecule has 0 aromatic heterocycles. The molecule has 3 fully saturated rings. The molecular formula is C89H167NO18. The van der Waals surface area contributed by atoms with Crippen molar-refractivity contribution in [3.8, 4) is 0 Å². The minimum absolute atomic E-state index is 0.237. The first-order chi connectivity index (χ1) is 52.8. The van der Waals surface area contributed by atoms with Crippen molar-refractivity contribution in [2.75, 3.05) is 26.4 Å². The summed E-state index contributed by atoms with van der Waals surface area (Å²) >= 11 is 0. The molecule has 0 radical (unpaired) electrons. The van der Waals surface area contributed by atoms with Gasteiger partial charge in [0.15, 0.2) is 18.9 Å². The van der Waals surface area contributed by atoms with Crippen molar-refractivity contribution in [1.29, 1.82) is 0 Å². The van der Waals surface area contributed by atoms with Gasteiger partial charge >= 0.3 is 0 Å². The summed E-state index contributed by atoms with van der Waals surface area (Å²) < 4.78 is 34.5. The highest BCUT2D eigenvalue weighted by Gasteiger charge is 2.54. The van der Waals surface area contributed by atoms with Gasteiger partial charge in [0, 0.05) is 6.42 Å². The van der Waals surface area contributed by atoms with Gasteiger partial charge in [0.25, 0.3) is 0 Å². The van der Waals surface area contributed by atoms with E-state index in [1.54, 1.807) is 6.08 Å². The summed E-state index contributed by atoms with van der Waals surface area (Å²) in [6, 6.07) is -0.997. The normalized spacial score (nSPS) is 25.5. The quantitative estimate of drug-likeness (QED) is 0.0199. The molecule has 3 aliphatic heterocycles. The minimum atomic E-state index is -1.98. The molecule has 3 aliphatic rings. The number of allylic oxidation sites excluding steroid dienone is 5. The molecule has 19 heteroatoms. The lowest BCUT2D eigenvalue weighted by atomic mass is 9.96. The van der Waals surface area contributed by atoms with Crippen molar-refractivity contribution in [3.63, 3.8) is 0 Å². The highest BCUT2D eigenvalue weighted by molar-refractivity contribution is 5.76. The Morgan fingerprint density at radius 2 is 0.593 bits per heavy atom. The molecule has 17 atom stereocenters. The Hall–Kier alpha value is -1.99. The third-order valence-corrected chi connectivity index (χ3v) is 22.7. The number of hydrogen-bond acceptors (Lipinski definition) is 18. The Kier molecular flexibility index (Phi) is 64.3. The molecule has 636 valence electrons. The van der Waals surface area contributed by atoms with Crippen LogP contribution in [0.25, 0.3) is 0 Å². The first-order valence-electron chi connectivity index (χ1n) is 45.2. The second-order valence-corrected chi connectivity index (χ2v) is 32.4. The second kappa shape index (κ2) is 69.3. The van der Waals surface area contributed by atoms with Crippen molar-refractivity contribution < 1.29 is 89.4 Å².